The SMILES string of the molecule is CCn1c(-c2cc(-c3cncc(CN4CCS(=O)(=O)CC4)c3)cnc2[C@H](C)OC)c2c3cc(ccc31)-c1cc(O)cc(c1)C[C@H](NC(=O)[C@H](C(C)C)N(C)[N+](=O)[C@@H]1OCC[C@@H]1c1ccc(N)cc1)C(=O)N1CCC[C@H](N1)C(=O)OCC(C)(C)C2. The van der Waals surface area contributed by atoms with E-state index in [1.54, 1.807) is 38.4 Å². The number of hydrogen-bond donors (Lipinski definition) is 4. The van der Waals surface area contributed by atoms with Gasteiger partial charge in [0.1, 0.15) is 17.8 Å². The van der Waals surface area contributed by atoms with E-state index in [2.05, 4.69) is 70.2 Å². The number of cyclic esters (lactones) is 1. The predicted molar refractivity (Wildman–Crippen MR) is 320 cm³/mol. The molecule has 4 aliphatic heterocycles. The number of phenols is 1. The summed E-state index contributed by atoms with van der Waals surface area (Å²) in [7, 11) is 0.173. The van der Waals surface area contributed by atoms with Gasteiger partial charge in [0.05, 0.1) is 60.1 Å². The molecule has 6 atom stereocenters. The summed E-state index contributed by atoms with van der Waals surface area (Å²) in [6.07, 6.45) is 6.00. The number of nitrogens with two attached hydrogens (primary N) is 1. The van der Waals surface area contributed by atoms with Crippen LogP contribution in [0, 0.1) is 16.2 Å². The number of nitrogens with one attached hydrogen (secondary N) is 2. The lowest BCUT2D eigenvalue weighted by Gasteiger charge is -2.36. The minimum atomic E-state index is -3.04. The van der Waals surface area contributed by atoms with E-state index in [0.717, 1.165) is 66.1 Å². The summed E-state index contributed by atoms with van der Waals surface area (Å²) in [5.74, 6) is -2.06. The number of ether oxygens (including phenoxy) is 3. The lowest BCUT2D eigenvalue weighted by molar-refractivity contribution is -0.763. The predicted octanol–water partition coefficient (Wildman–Crippen LogP) is 7.51. The van der Waals surface area contributed by atoms with Crippen LogP contribution in [0.4, 0.5) is 5.69 Å². The van der Waals surface area contributed by atoms with Gasteiger partial charge in [-0.15, -0.1) is 5.01 Å². The third-order valence-electron chi connectivity index (χ3n) is 17.0. The molecule has 0 radical (unpaired) electrons. The number of sulfone groups is 1. The number of benzene rings is 3. The minimum absolute atomic E-state index is 0.0407. The number of amides is 2. The van der Waals surface area contributed by atoms with Crippen LogP contribution in [0.2, 0.25) is 0 Å². The van der Waals surface area contributed by atoms with Crippen molar-refractivity contribution in [1.29, 1.82) is 0 Å². The number of methoxy groups -OCH3 is 1. The van der Waals surface area contributed by atoms with Gasteiger partial charge in [0.15, 0.2) is 20.7 Å². The lowest BCUT2D eigenvalue weighted by atomic mass is 9.83. The third-order valence-corrected chi connectivity index (χ3v) is 18.6. The van der Waals surface area contributed by atoms with Gasteiger partial charge in [0.25, 0.3) is 5.91 Å². The molecule has 0 spiro atoms. The molecule has 5 N–H and O–H groups in total. The van der Waals surface area contributed by atoms with Gasteiger partial charge in [-0.25, -0.2) is 13.8 Å². The van der Waals surface area contributed by atoms with Crippen molar-refractivity contribution in [2.24, 2.45) is 11.3 Å². The van der Waals surface area contributed by atoms with Gasteiger partial charge in [-0.2, -0.15) is 0 Å². The smallest absolute Gasteiger partial charge is 0.344 e. The van der Waals surface area contributed by atoms with Gasteiger partial charge in [-0.3, -0.25) is 34.3 Å². The molecule has 6 aromatic rings. The summed E-state index contributed by atoms with van der Waals surface area (Å²) in [6.45, 7) is 14.6. The number of nitrogen functional groups attached to an aromatic ring is 1. The Morgan fingerprint density at radius 1 is 0.964 bits per heavy atom. The molecule has 2 amide bonds. The van der Waals surface area contributed by atoms with E-state index in [-0.39, 0.29) is 42.7 Å². The van der Waals surface area contributed by atoms with Gasteiger partial charge >= 0.3 is 12.2 Å². The summed E-state index contributed by atoms with van der Waals surface area (Å²) in [5, 5.41) is 18.3. The van der Waals surface area contributed by atoms with Crippen LogP contribution in [0.25, 0.3) is 44.4 Å². The van der Waals surface area contributed by atoms with E-state index < -0.39 is 69.4 Å². The van der Waals surface area contributed by atoms with Crippen LogP contribution in [-0.4, -0.2) is 148 Å². The minimum Gasteiger partial charge on any atom is -0.508 e. The maximum atomic E-state index is 15.0. The Balaban J connectivity index is 1.04. The van der Waals surface area contributed by atoms with Crippen molar-refractivity contribution in [2.45, 2.75) is 123 Å². The summed E-state index contributed by atoms with van der Waals surface area (Å²) in [5.41, 5.74) is 19.1. The number of likely N-dealkylation sites (N-methyl/N-ethyl adjacent to an activating group) is 1. The molecular formula is C63H79N10O10S+. The molecule has 84 heavy (non-hydrogen) atoms. The second-order valence-corrected chi connectivity index (χ2v) is 26.5. The highest BCUT2D eigenvalue weighted by molar-refractivity contribution is 7.91. The van der Waals surface area contributed by atoms with Crippen molar-refractivity contribution in [3.63, 3.8) is 0 Å². The molecule has 3 aromatic heterocycles. The zero-order valence-corrected chi connectivity index (χ0v) is 50.2. The second kappa shape index (κ2) is 24.7. The average molecular weight is 1170 g/mol. The number of hydrogen-bond acceptors (Lipinski definition) is 15. The first-order valence-corrected chi connectivity index (χ1v) is 31.0. The molecule has 7 heterocycles. The molecule has 6 bridgehead atoms. The van der Waals surface area contributed by atoms with Crippen LogP contribution < -0.4 is 16.5 Å². The molecule has 20 nitrogen and oxygen atoms in total. The number of aryl methyl sites for hydroxylation is 1. The number of aromatic hydroxyl groups is 1. The zero-order valence-electron chi connectivity index (χ0n) is 49.3. The molecule has 10 rings (SSSR count). The molecule has 3 aromatic carbocycles. The fraction of sp³-hybridized carbons (Fsp3) is 0.476. The number of rotatable bonds is 14. The number of nitrogens with zero attached hydrogens (tertiary/aromatic N) is 7. The number of nitroso groups, excluding NO2 is 1. The Bertz CT molecular complexity index is 3560. The van der Waals surface area contributed by atoms with Crippen LogP contribution >= 0.6 is 0 Å². The van der Waals surface area contributed by atoms with Crippen molar-refractivity contribution in [1.82, 2.24) is 40.2 Å². The van der Waals surface area contributed by atoms with Crippen molar-refractivity contribution < 1.29 is 47.0 Å². The average Bonchev–Trinajstić information content (AvgIpc) is 1.80. The largest absolute Gasteiger partial charge is 0.508 e. The van der Waals surface area contributed by atoms with Gasteiger partial charge < -0.3 is 34.9 Å². The Hall–Kier alpha value is -7.30. The maximum Gasteiger partial charge on any atom is 0.344 e. The molecule has 3 saturated heterocycles. The van der Waals surface area contributed by atoms with Gasteiger partial charge in [-0.05, 0) is 127 Å². The van der Waals surface area contributed by atoms with E-state index in [1.165, 1.54) is 10.0 Å². The van der Waals surface area contributed by atoms with Crippen LogP contribution in [0.15, 0.2) is 91.4 Å². The Kier molecular flexibility index (Phi) is 17.6. The molecule has 0 aliphatic carbocycles. The Morgan fingerprint density at radius 2 is 1.71 bits per heavy atom. The quantitative estimate of drug-likeness (QED) is 0.0357. The number of carbonyl (C=O) groups excluding carboxylic acids is 3. The maximum absolute atomic E-state index is 15.0. The van der Waals surface area contributed by atoms with Crippen molar-refractivity contribution in [3.8, 4) is 39.3 Å². The topological polar surface area (TPSA) is 244 Å². The Labute approximate surface area is 491 Å². The normalized spacial score (nSPS) is 21.8. The summed E-state index contributed by atoms with van der Waals surface area (Å²) >= 11 is 0. The molecular weight excluding hydrogens is 1090 g/mol. The summed E-state index contributed by atoms with van der Waals surface area (Å²) < 4.78 is 45.0. The summed E-state index contributed by atoms with van der Waals surface area (Å²) in [6, 6.07) is 19.8. The highest BCUT2D eigenvalue weighted by Crippen LogP contribution is 2.44. The van der Waals surface area contributed by atoms with E-state index in [1.807, 2.05) is 63.6 Å². The van der Waals surface area contributed by atoms with Crippen LogP contribution in [0.3, 0.4) is 0 Å². The number of hydrazine groups is 2. The molecule has 21 heteroatoms. The first-order valence-electron chi connectivity index (χ1n) is 29.2. The molecule has 3 fully saturated rings. The van der Waals surface area contributed by atoms with Gasteiger partial charge in [0.2, 0.25) is 5.91 Å². The molecule has 0 unspecified atom stereocenters. The first kappa shape index (κ1) is 59.8. The monoisotopic (exact) mass is 1170 g/mol. The number of fused-ring (bicyclic) bond motifs is 6. The number of esters is 1. The van der Waals surface area contributed by atoms with Crippen LogP contribution in [-0.2, 0) is 64.4 Å². The Morgan fingerprint density at radius 3 is 2.44 bits per heavy atom. The third kappa shape index (κ3) is 12.8. The fourth-order valence-electron chi connectivity index (χ4n) is 12.5. The van der Waals surface area contributed by atoms with Crippen molar-refractivity contribution in [2.75, 3.05) is 64.2 Å². The standard InChI is InChI=1S/C63H78N10O10S/c1-9-71-55-17-14-43-30-50(55)52(58(71)51-31-46(35-66-56(51)39(4)81-8)45-26-41(33-65-34-45)36-70-20-23-84(79,80)24-21-70)32-63(5,6)37-83-62(77)53-11-10-19-72(68-53)60(76)54(28-40-25-44(43)29-48(74)27-40)67-59(75)57(38(2)3)69(7)73(78)61-49(18-22-82-61)42-12-15-47(64)16-13-42/h12-17,25-27,29-31,33-35,38-39,49,53-54,57,61,68H,9-11,18-24,28,32,36-37,64H2,1-8H3,(H-,67,74,75)/p+1/t39-,49+,53-,54-,57-,61+/m0/s1. The van der Waals surface area contributed by atoms with Crippen LogP contribution in [0.1, 0.15) is 101 Å². The molecule has 4 aliphatic rings. The first-order chi connectivity index (χ1) is 40.1. The highest BCUT2D eigenvalue weighted by Gasteiger charge is 2.48. The number of carbonyl (C=O) groups is 3. The molecule has 446 valence electrons. The fourth-order valence-corrected chi connectivity index (χ4v) is 13.8. The molecule has 0 saturated carbocycles. The van der Waals surface area contributed by atoms with E-state index in [9.17, 15) is 28.0 Å². The van der Waals surface area contributed by atoms with Gasteiger partial charge in [-0.1, -0.05) is 52.0 Å². The summed E-state index contributed by atoms with van der Waals surface area (Å²) in [4.78, 5) is 71.1. The zero-order chi connectivity index (χ0) is 59.8. The number of phenolic OH excluding ortho intramolecular Hbond substituents is 1. The lowest BCUT2D eigenvalue weighted by Crippen LogP contribution is -2.62. The van der Waals surface area contributed by atoms with Crippen LogP contribution in [0.5, 0.6) is 5.75 Å². The number of anilines is 1. The van der Waals surface area contributed by atoms with E-state index >= 15 is 4.79 Å². The van der Waals surface area contributed by atoms with E-state index in [4.69, 9.17) is 24.9 Å². The van der Waals surface area contributed by atoms with E-state index in [0.29, 0.717) is 75.3 Å². The number of aromatic nitrogens is 3. The number of pyridine rings is 2. The van der Waals surface area contributed by atoms with Crippen molar-refractivity contribution in [3.05, 3.63) is 124 Å². The van der Waals surface area contributed by atoms with Gasteiger partial charge in [0, 0.05) is 104 Å². The second-order valence-electron chi connectivity index (χ2n) is 24.2. The highest BCUT2D eigenvalue weighted by atomic mass is 32.2. The van der Waals surface area contributed by atoms with Crippen molar-refractivity contribution >= 4 is 44.2 Å².